The number of benzene rings is 2. The van der Waals surface area contributed by atoms with Gasteiger partial charge >= 0.3 is 5.97 Å². The standard InChI is InChI=1S/C19H15ClN2O4/c1-2-11-6-8-14(9-7-11)22-17(23)15(20)16(18(22)24)21-13-5-3-4-12(10-13)19(25)26/h3-10,15H,2H2,1H3,(H,25,26). The zero-order chi connectivity index (χ0) is 18.8. The number of aliphatic imine (C=N–C) groups is 1. The van der Waals surface area contributed by atoms with E-state index in [0.717, 1.165) is 16.9 Å². The molecule has 7 heteroatoms. The first-order valence-electron chi connectivity index (χ1n) is 7.95. The number of aryl methyl sites for hydroxylation is 1. The molecule has 0 spiro atoms. The number of anilines is 1. The zero-order valence-corrected chi connectivity index (χ0v) is 14.6. The lowest BCUT2D eigenvalue weighted by Crippen LogP contribution is -2.31. The van der Waals surface area contributed by atoms with E-state index in [1.54, 1.807) is 18.2 Å². The van der Waals surface area contributed by atoms with Crippen molar-refractivity contribution in [1.29, 1.82) is 0 Å². The molecule has 1 heterocycles. The van der Waals surface area contributed by atoms with Gasteiger partial charge < -0.3 is 5.11 Å². The lowest BCUT2D eigenvalue weighted by atomic mass is 10.1. The van der Waals surface area contributed by atoms with E-state index in [4.69, 9.17) is 16.7 Å². The molecule has 2 aromatic carbocycles. The molecule has 1 fully saturated rings. The van der Waals surface area contributed by atoms with Crippen LogP contribution in [0.2, 0.25) is 0 Å². The van der Waals surface area contributed by atoms with Gasteiger partial charge in [-0.3, -0.25) is 9.59 Å². The lowest BCUT2D eigenvalue weighted by molar-refractivity contribution is -0.120. The number of carboxylic acids is 1. The number of aromatic carboxylic acids is 1. The van der Waals surface area contributed by atoms with Gasteiger partial charge in [0.25, 0.3) is 11.8 Å². The molecule has 132 valence electrons. The Bertz CT molecular complexity index is 921. The summed E-state index contributed by atoms with van der Waals surface area (Å²) in [5.74, 6) is -2.30. The second-order valence-corrected chi connectivity index (χ2v) is 6.15. The molecule has 1 saturated heterocycles. The summed E-state index contributed by atoms with van der Waals surface area (Å²) in [7, 11) is 0. The lowest BCUT2D eigenvalue weighted by Gasteiger charge is -2.13. The fourth-order valence-corrected chi connectivity index (χ4v) is 2.87. The van der Waals surface area contributed by atoms with Crippen LogP contribution >= 0.6 is 11.6 Å². The molecular formula is C19H15ClN2O4. The SMILES string of the molecule is CCc1ccc(N2C(=O)C(=Nc3cccc(C(=O)O)c3)C(Cl)C2=O)cc1. The minimum Gasteiger partial charge on any atom is -0.478 e. The summed E-state index contributed by atoms with van der Waals surface area (Å²) in [6.07, 6.45) is 0.840. The van der Waals surface area contributed by atoms with Gasteiger partial charge in [0, 0.05) is 0 Å². The molecule has 1 aliphatic heterocycles. The van der Waals surface area contributed by atoms with Gasteiger partial charge in [-0.05, 0) is 42.3 Å². The average Bonchev–Trinajstić information content (AvgIpc) is 2.85. The van der Waals surface area contributed by atoms with Crippen molar-refractivity contribution in [2.45, 2.75) is 18.7 Å². The first-order valence-corrected chi connectivity index (χ1v) is 8.39. The average molecular weight is 371 g/mol. The van der Waals surface area contributed by atoms with Crippen molar-refractivity contribution in [2.24, 2.45) is 4.99 Å². The van der Waals surface area contributed by atoms with Crippen LogP contribution in [0.4, 0.5) is 11.4 Å². The van der Waals surface area contributed by atoms with Gasteiger partial charge in [0.2, 0.25) is 0 Å². The van der Waals surface area contributed by atoms with Gasteiger partial charge in [-0.15, -0.1) is 11.6 Å². The summed E-state index contributed by atoms with van der Waals surface area (Å²) in [5, 5.41) is 7.83. The Balaban J connectivity index is 1.96. The number of hydrogen-bond donors (Lipinski definition) is 1. The number of halogens is 1. The number of imide groups is 1. The molecule has 0 saturated carbocycles. The van der Waals surface area contributed by atoms with E-state index in [9.17, 15) is 14.4 Å². The zero-order valence-electron chi connectivity index (χ0n) is 13.8. The highest BCUT2D eigenvalue weighted by molar-refractivity contribution is 6.68. The number of hydrogen-bond acceptors (Lipinski definition) is 4. The quantitative estimate of drug-likeness (QED) is 0.661. The number of amides is 2. The third kappa shape index (κ3) is 3.23. The highest BCUT2D eigenvalue weighted by Gasteiger charge is 2.44. The monoisotopic (exact) mass is 370 g/mol. The molecule has 1 N–H and O–H groups in total. The second kappa shape index (κ2) is 7.09. The Morgan fingerprint density at radius 3 is 2.50 bits per heavy atom. The molecule has 26 heavy (non-hydrogen) atoms. The number of alkyl halides is 1. The number of carbonyl (C=O) groups is 3. The summed E-state index contributed by atoms with van der Waals surface area (Å²) in [4.78, 5) is 41.3. The Morgan fingerprint density at radius 2 is 1.88 bits per heavy atom. The van der Waals surface area contributed by atoms with Crippen molar-refractivity contribution in [3.8, 4) is 0 Å². The Kier molecular flexibility index (Phi) is 4.86. The van der Waals surface area contributed by atoms with Gasteiger partial charge in [0.1, 0.15) is 5.71 Å². The molecule has 0 aromatic heterocycles. The predicted molar refractivity (Wildman–Crippen MR) is 98.5 cm³/mol. The number of carbonyl (C=O) groups excluding carboxylic acids is 2. The van der Waals surface area contributed by atoms with Crippen molar-refractivity contribution in [1.82, 2.24) is 0 Å². The van der Waals surface area contributed by atoms with E-state index in [0.29, 0.717) is 5.69 Å². The summed E-state index contributed by atoms with van der Waals surface area (Å²) in [5.41, 5.74) is 1.65. The molecule has 6 nitrogen and oxygen atoms in total. The highest BCUT2D eigenvalue weighted by Crippen LogP contribution is 2.27. The third-order valence-electron chi connectivity index (χ3n) is 4.04. The van der Waals surface area contributed by atoms with E-state index in [-0.39, 0.29) is 17.0 Å². The number of rotatable bonds is 4. The molecule has 0 bridgehead atoms. The second-order valence-electron chi connectivity index (χ2n) is 5.71. The largest absolute Gasteiger partial charge is 0.478 e. The van der Waals surface area contributed by atoms with Crippen molar-refractivity contribution < 1.29 is 19.5 Å². The molecule has 1 unspecified atom stereocenters. The Morgan fingerprint density at radius 1 is 1.19 bits per heavy atom. The van der Waals surface area contributed by atoms with Crippen LogP contribution < -0.4 is 4.90 Å². The van der Waals surface area contributed by atoms with Crippen LogP contribution in [0.25, 0.3) is 0 Å². The van der Waals surface area contributed by atoms with Crippen LogP contribution in [0.3, 0.4) is 0 Å². The Labute approximate surface area is 154 Å². The van der Waals surface area contributed by atoms with Crippen molar-refractivity contribution >= 4 is 46.5 Å². The van der Waals surface area contributed by atoms with Crippen LogP contribution in [0.1, 0.15) is 22.8 Å². The fraction of sp³-hybridized carbons (Fsp3) is 0.158. The van der Waals surface area contributed by atoms with Crippen LogP contribution in [-0.4, -0.2) is 34.0 Å². The summed E-state index contributed by atoms with van der Waals surface area (Å²) < 4.78 is 0. The number of nitrogens with zero attached hydrogens (tertiary/aromatic N) is 2. The van der Waals surface area contributed by atoms with Gasteiger partial charge in [-0.25, -0.2) is 14.7 Å². The predicted octanol–water partition coefficient (Wildman–Crippen LogP) is 3.20. The maximum atomic E-state index is 12.7. The van der Waals surface area contributed by atoms with Gasteiger partial charge in [-0.1, -0.05) is 25.1 Å². The maximum Gasteiger partial charge on any atom is 0.335 e. The molecule has 2 aromatic rings. The third-order valence-corrected chi connectivity index (χ3v) is 4.44. The van der Waals surface area contributed by atoms with E-state index >= 15 is 0 Å². The first kappa shape index (κ1) is 17.8. The van der Waals surface area contributed by atoms with Crippen LogP contribution in [0.5, 0.6) is 0 Å². The number of carboxylic acid groups (broad SMARTS) is 1. The van der Waals surface area contributed by atoms with Crippen molar-refractivity contribution in [3.05, 3.63) is 59.7 Å². The van der Waals surface area contributed by atoms with Crippen LogP contribution in [0, 0.1) is 0 Å². The van der Waals surface area contributed by atoms with E-state index in [1.165, 1.54) is 18.2 Å². The van der Waals surface area contributed by atoms with Gasteiger partial charge in [0.05, 0.1) is 16.9 Å². The minimum atomic E-state index is -1.22. The smallest absolute Gasteiger partial charge is 0.335 e. The van der Waals surface area contributed by atoms with Crippen molar-refractivity contribution in [2.75, 3.05) is 4.90 Å². The van der Waals surface area contributed by atoms with E-state index < -0.39 is 23.2 Å². The van der Waals surface area contributed by atoms with Crippen LogP contribution in [-0.2, 0) is 16.0 Å². The maximum absolute atomic E-state index is 12.7. The summed E-state index contributed by atoms with van der Waals surface area (Å²) >= 11 is 6.12. The van der Waals surface area contributed by atoms with Gasteiger partial charge in [-0.2, -0.15) is 0 Å². The van der Waals surface area contributed by atoms with E-state index in [1.807, 2.05) is 19.1 Å². The molecule has 3 rings (SSSR count). The van der Waals surface area contributed by atoms with Gasteiger partial charge in [0.15, 0.2) is 5.38 Å². The van der Waals surface area contributed by atoms with E-state index in [2.05, 4.69) is 4.99 Å². The molecular weight excluding hydrogens is 356 g/mol. The normalized spacial score (nSPS) is 18.6. The Hall–Kier alpha value is -2.99. The highest BCUT2D eigenvalue weighted by atomic mass is 35.5. The topological polar surface area (TPSA) is 87.0 Å². The first-order chi connectivity index (χ1) is 12.4. The fourth-order valence-electron chi connectivity index (χ4n) is 2.63. The minimum absolute atomic E-state index is 0.0294. The molecule has 1 atom stereocenters. The van der Waals surface area contributed by atoms with Crippen LogP contribution in [0.15, 0.2) is 53.5 Å². The van der Waals surface area contributed by atoms with Crippen molar-refractivity contribution in [3.63, 3.8) is 0 Å². The molecule has 0 radical (unpaired) electrons. The molecule has 1 aliphatic rings. The molecule has 2 amide bonds. The molecule has 0 aliphatic carbocycles. The summed E-state index contributed by atoms with van der Waals surface area (Å²) in [6.45, 7) is 2.01. The summed E-state index contributed by atoms with van der Waals surface area (Å²) in [6, 6.07) is 12.8.